The number of rotatable bonds is 3. The van der Waals surface area contributed by atoms with E-state index in [4.69, 9.17) is 0 Å². The summed E-state index contributed by atoms with van der Waals surface area (Å²) in [5.41, 5.74) is 1.97. The first kappa shape index (κ1) is 19.8. The number of para-hydroxylation sites is 1. The smallest absolute Gasteiger partial charge is 0.257 e. The lowest BCUT2D eigenvalue weighted by atomic mass is 10.0. The van der Waals surface area contributed by atoms with E-state index in [9.17, 15) is 23.6 Å². The van der Waals surface area contributed by atoms with Crippen molar-refractivity contribution >= 4 is 40.2 Å². The van der Waals surface area contributed by atoms with Crippen molar-refractivity contribution in [2.45, 2.75) is 25.4 Å². The second-order valence-corrected chi connectivity index (χ2v) is 7.76. The Bertz CT molecular complexity index is 1320. The summed E-state index contributed by atoms with van der Waals surface area (Å²) < 4.78 is 13.8. The van der Waals surface area contributed by atoms with E-state index in [1.54, 1.807) is 36.4 Å². The summed E-state index contributed by atoms with van der Waals surface area (Å²) in [5, 5.41) is 5.50. The maximum atomic E-state index is 13.8. The maximum Gasteiger partial charge on any atom is 0.257 e. The van der Waals surface area contributed by atoms with Crippen molar-refractivity contribution in [1.82, 2.24) is 15.2 Å². The summed E-state index contributed by atoms with van der Waals surface area (Å²) in [5.74, 6) is -2.06. The highest BCUT2D eigenvalue weighted by Crippen LogP contribution is 2.29. The van der Waals surface area contributed by atoms with Gasteiger partial charge in [0.25, 0.3) is 11.8 Å². The van der Waals surface area contributed by atoms with E-state index >= 15 is 0 Å². The van der Waals surface area contributed by atoms with Crippen LogP contribution in [0.15, 0.2) is 48.7 Å². The number of hydrogen-bond donors (Lipinski definition) is 2. The van der Waals surface area contributed by atoms with Gasteiger partial charge < -0.3 is 10.2 Å². The molecule has 1 unspecified atom stereocenters. The predicted molar refractivity (Wildman–Crippen MR) is 112 cm³/mol. The van der Waals surface area contributed by atoms with Crippen LogP contribution in [0.25, 0.3) is 10.9 Å². The molecule has 0 bridgehead atoms. The number of aromatic nitrogens is 1. The average Bonchev–Trinajstić information content (AvgIpc) is 3.09. The predicted octanol–water partition coefficient (Wildman–Crippen LogP) is 2.39. The monoisotopic (exact) mass is 432 g/mol. The lowest BCUT2D eigenvalue weighted by molar-refractivity contribution is -0.136. The number of anilines is 1. The molecule has 160 valence electrons. The van der Waals surface area contributed by atoms with Crippen molar-refractivity contribution in [1.29, 1.82) is 0 Å². The topological polar surface area (TPSA) is 108 Å². The van der Waals surface area contributed by atoms with Gasteiger partial charge in [0, 0.05) is 35.8 Å². The van der Waals surface area contributed by atoms with Gasteiger partial charge in [-0.25, -0.2) is 4.39 Å². The van der Waals surface area contributed by atoms with Gasteiger partial charge in [0.2, 0.25) is 11.8 Å². The third-order valence-electron chi connectivity index (χ3n) is 5.71. The van der Waals surface area contributed by atoms with Crippen molar-refractivity contribution in [3.63, 3.8) is 0 Å². The lowest BCUT2D eigenvalue weighted by Crippen LogP contribution is -2.52. The first-order valence-corrected chi connectivity index (χ1v) is 10.0. The minimum atomic E-state index is -0.699. The van der Waals surface area contributed by atoms with Crippen LogP contribution in [0.1, 0.15) is 39.1 Å². The molecule has 3 aromatic rings. The van der Waals surface area contributed by atoms with Gasteiger partial charge in [-0.2, -0.15) is 0 Å². The summed E-state index contributed by atoms with van der Waals surface area (Å²) in [7, 11) is 0. The van der Waals surface area contributed by atoms with Crippen LogP contribution in [0.2, 0.25) is 0 Å². The molecule has 2 aliphatic heterocycles. The number of benzene rings is 2. The minimum absolute atomic E-state index is 0.181. The zero-order valence-corrected chi connectivity index (χ0v) is 16.7. The number of halogens is 1. The van der Waals surface area contributed by atoms with Gasteiger partial charge in [0.15, 0.2) is 0 Å². The molecule has 2 aliphatic rings. The van der Waals surface area contributed by atoms with E-state index in [0.29, 0.717) is 16.6 Å². The number of carbonyl (C=O) groups is 4. The first-order valence-electron chi connectivity index (χ1n) is 10.0. The number of hydrogen-bond acceptors (Lipinski definition) is 5. The Kier molecular flexibility index (Phi) is 4.66. The fourth-order valence-electron chi connectivity index (χ4n) is 4.08. The second-order valence-electron chi connectivity index (χ2n) is 7.76. The Morgan fingerprint density at radius 1 is 1.16 bits per heavy atom. The summed E-state index contributed by atoms with van der Waals surface area (Å²) in [6.07, 6.45) is 1.76. The molecular formula is C23H17FN4O4. The second kappa shape index (κ2) is 7.52. The third kappa shape index (κ3) is 3.37. The fraction of sp³-hybridized carbons (Fsp3) is 0.174. The van der Waals surface area contributed by atoms with E-state index < -0.39 is 23.7 Å². The normalized spacial score (nSPS) is 18.0. The van der Waals surface area contributed by atoms with Crippen LogP contribution in [0.3, 0.4) is 0 Å². The van der Waals surface area contributed by atoms with Crippen LogP contribution in [-0.4, -0.2) is 39.6 Å². The standard InChI is InChI=1S/C23H17FN4O4/c24-17-3-1-2-12-8-14(10-25-20(12)17)21(30)26-15-5-4-13-11-28(23(32)16(13)9-15)18-6-7-19(29)27-22(18)31/h1-5,8-10,18H,6-7,11H2,(H,26,30)(H,27,29,31). The molecule has 2 aromatic carbocycles. The summed E-state index contributed by atoms with van der Waals surface area (Å²) in [6, 6.07) is 10.3. The molecule has 1 fully saturated rings. The molecule has 0 aliphatic carbocycles. The molecule has 0 saturated carbocycles. The molecule has 1 atom stereocenters. The third-order valence-corrected chi connectivity index (χ3v) is 5.71. The Morgan fingerprint density at radius 2 is 2.00 bits per heavy atom. The van der Waals surface area contributed by atoms with E-state index in [0.717, 1.165) is 5.56 Å². The van der Waals surface area contributed by atoms with Crippen molar-refractivity contribution in [3.05, 3.63) is 71.2 Å². The first-order chi connectivity index (χ1) is 15.4. The number of piperidine rings is 1. The number of fused-ring (bicyclic) bond motifs is 2. The van der Waals surface area contributed by atoms with Crippen LogP contribution in [0.5, 0.6) is 0 Å². The zero-order chi connectivity index (χ0) is 22.4. The van der Waals surface area contributed by atoms with Crippen LogP contribution < -0.4 is 10.6 Å². The van der Waals surface area contributed by atoms with Gasteiger partial charge >= 0.3 is 0 Å². The van der Waals surface area contributed by atoms with Crippen molar-refractivity contribution in [2.75, 3.05) is 5.32 Å². The van der Waals surface area contributed by atoms with Crippen molar-refractivity contribution < 1.29 is 23.6 Å². The molecule has 5 rings (SSSR count). The van der Waals surface area contributed by atoms with E-state index in [1.807, 2.05) is 0 Å². The van der Waals surface area contributed by atoms with Gasteiger partial charge in [-0.1, -0.05) is 18.2 Å². The van der Waals surface area contributed by atoms with Gasteiger partial charge in [-0.05, 0) is 36.2 Å². The number of carbonyl (C=O) groups excluding carboxylic acids is 4. The number of imide groups is 1. The molecule has 0 radical (unpaired) electrons. The Hall–Kier alpha value is -4.14. The van der Waals surface area contributed by atoms with Gasteiger partial charge in [-0.3, -0.25) is 29.5 Å². The summed E-state index contributed by atoms with van der Waals surface area (Å²) >= 11 is 0. The molecule has 4 amide bonds. The van der Waals surface area contributed by atoms with Crippen LogP contribution >= 0.6 is 0 Å². The van der Waals surface area contributed by atoms with Gasteiger partial charge in [-0.15, -0.1) is 0 Å². The van der Waals surface area contributed by atoms with Gasteiger partial charge in [0.1, 0.15) is 17.4 Å². The molecule has 1 saturated heterocycles. The average molecular weight is 432 g/mol. The molecule has 9 heteroatoms. The van der Waals surface area contributed by atoms with Crippen LogP contribution in [-0.2, 0) is 16.1 Å². The fourth-order valence-corrected chi connectivity index (χ4v) is 4.08. The number of nitrogens with one attached hydrogen (secondary N) is 2. The largest absolute Gasteiger partial charge is 0.322 e. The number of nitrogens with zero attached hydrogens (tertiary/aromatic N) is 2. The zero-order valence-electron chi connectivity index (χ0n) is 16.7. The van der Waals surface area contributed by atoms with E-state index in [1.165, 1.54) is 17.2 Å². The minimum Gasteiger partial charge on any atom is -0.322 e. The lowest BCUT2D eigenvalue weighted by Gasteiger charge is -2.29. The molecule has 8 nitrogen and oxygen atoms in total. The van der Waals surface area contributed by atoms with E-state index in [2.05, 4.69) is 15.6 Å². The van der Waals surface area contributed by atoms with Crippen LogP contribution in [0.4, 0.5) is 10.1 Å². The summed E-state index contributed by atoms with van der Waals surface area (Å²) in [4.78, 5) is 54.6. The Labute approximate surface area is 181 Å². The highest BCUT2D eigenvalue weighted by atomic mass is 19.1. The Balaban J connectivity index is 1.35. The highest BCUT2D eigenvalue weighted by molar-refractivity contribution is 6.08. The molecule has 2 N–H and O–H groups in total. The van der Waals surface area contributed by atoms with Crippen LogP contribution in [0, 0.1) is 5.82 Å². The molecule has 1 aromatic heterocycles. The number of pyridine rings is 1. The van der Waals surface area contributed by atoms with Crippen molar-refractivity contribution in [2.24, 2.45) is 0 Å². The molecule has 0 spiro atoms. The van der Waals surface area contributed by atoms with Crippen molar-refractivity contribution in [3.8, 4) is 0 Å². The Morgan fingerprint density at radius 3 is 2.81 bits per heavy atom. The van der Waals surface area contributed by atoms with E-state index in [-0.39, 0.29) is 42.3 Å². The molecule has 32 heavy (non-hydrogen) atoms. The summed E-state index contributed by atoms with van der Waals surface area (Å²) in [6.45, 7) is 0.259. The maximum absolute atomic E-state index is 13.8. The number of amides is 4. The quantitative estimate of drug-likeness (QED) is 0.618. The molecule has 3 heterocycles. The van der Waals surface area contributed by atoms with Gasteiger partial charge in [0.05, 0.1) is 5.56 Å². The molecular weight excluding hydrogens is 415 g/mol. The highest BCUT2D eigenvalue weighted by Gasteiger charge is 2.39. The SMILES string of the molecule is O=C1CCC(N2Cc3ccc(NC(=O)c4cnc5c(F)cccc5c4)cc3C2=O)C(=O)N1.